The highest BCUT2D eigenvalue weighted by atomic mass is 32.1. The van der Waals surface area contributed by atoms with Gasteiger partial charge < -0.3 is 37.3 Å². The Balaban J connectivity index is 0.000000186. The number of methoxy groups -OCH3 is 2. The van der Waals surface area contributed by atoms with Crippen LogP contribution in [0.15, 0.2) is 58.4 Å². The smallest absolute Gasteiger partial charge is 0.343 e. The average Bonchev–Trinajstić information content (AvgIpc) is 4.29. The number of aromatic carboxylic acids is 1. The number of aromatic nitrogens is 2. The lowest BCUT2D eigenvalue weighted by molar-refractivity contribution is 0.0523. The maximum atomic E-state index is 13.4. The van der Waals surface area contributed by atoms with Gasteiger partial charge in [-0.2, -0.15) is 0 Å². The Morgan fingerprint density at radius 1 is 0.671 bits per heavy atom. The summed E-state index contributed by atoms with van der Waals surface area (Å²) in [4.78, 5) is 55.9. The molecule has 0 radical (unpaired) electrons. The van der Waals surface area contributed by atoms with Crippen LogP contribution < -0.4 is 20.3 Å². The molecule has 4 aliphatic carbocycles. The van der Waals surface area contributed by atoms with Crippen molar-refractivity contribution in [1.82, 2.24) is 9.13 Å². The van der Waals surface area contributed by atoms with E-state index in [1.54, 1.807) is 44.7 Å². The molecule has 0 aliphatic heterocycles. The lowest BCUT2D eigenvalue weighted by Gasteiger charge is -2.40. The highest BCUT2D eigenvalue weighted by Gasteiger charge is 2.42. The molecular formula is C60H78N2O10S2Si2. The quantitative estimate of drug-likeness (QED) is 0.0779. The second-order valence-electron chi connectivity index (χ2n) is 24.9. The zero-order chi connectivity index (χ0) is 55.1. The summed E-state index contributed by atoms with van der Waals surface area (Å²) in [6.07, 6.45) is 11.3. The van der Waals surface area contributed by atoms with Crippen LogP contribution in [-0.4, -0.2) is 63.6 Å². The molecule has 2 atom stereocenters. The minimum absolute atomic E-state index is 0.0713. The van der Waals surface area contributed by atoms with Crippen molar-refractivity contribution in [2.24, 2.45) is 10.8 Å². The number of ether oxygens (including phenoxy) is 3. The third kappa shape index (κ3) is 10.8. The monoisotopic (exact) mass is 1110 g/mol. The predicted octanol–water partition coefficient (Wildman–Crippen LogP) is 15.3. The minimum atomic E-state index is -1.86. The second kappa shape index (κ2) is 20.8. The summed E-state index contributed by atoms with van der Waals surface area (Å²) < 4.78 is 35.1. The van der Waals surface area contributed by atoms with Crippen molar-refractivity contribution in [2.75, 3.05) is 20.8 Å². The van der Waals surface area contributed by atoms with E-state index in [-0.39, 0.29) is 58.3 Å². The Bertz CT molecular complexity index is 3370. The Labute approximate surface area is 458 Å². The molecule has 2 fully saturated rings. The third-order valence-corrected chi connectivity index (χ3v) is 26.4. The first-order chi connectivity index (χ1) is 35.7. The summed E-state index contributed by atoms with van der Waals surface area (Å²) >= 11 is 3.59. The van der Waals surface area contributed by atoms with Gasteiger partial charge in [-0.1, -0.05) is 55.4 Å². The predicted molar refractivity (Wildman–Crippen MR) is 313 cm³/mol. The standard InChI is InChI=1S/C31H41NO5SSi.C29H37NO5SSi/c1-9-36-30(34)23-17-32(19-10-11-19)27-21(28(23)33)13-12-20(29(27)35-6)25-14-22-24(37-39(7,8)18(2)3)15-31(4,5)16-26(22)38-25;1-16(2)37(6,7)35-22-13-29(3,4)14-24-20(22)12-23(36-24)18-10-11-19-25(27(18)34-5)30(17-8-9-17)15-21(26(19)31)28(32)33/h12-14,17-19,24H,9-11,15-16H2,1-8H3;10-12,15-17,22H,8-9,13-14H2,1-7H3,(H,32,33). The minimum Gasteiger partial charge on any atom is -0.494 e. The van der Waals surface area contributed by atoms with Gasteiger partial charge in [0.1, 0.15) is 11.1 Å². The molecule has 408 valence electrons. The molecule has 2 aromatic carbocycles. The number of hydrogen-bond donors (Lipinski definition) is 1. The van der Waals surface area contributed by atoms with Crippen LogP contribution in [0.5, 0.6) is 11.5 Å². The molecule has 0 amide bonds. The number of benzene rings is 2. The van der Waals surface area contributed by atoms with Gasteiger partial charge in [-0.3, -0.25) is 9.59 Å². The SMILES string of the molecule is CCOC(=O)c1cn(C2CC2)c2c(OC)c(-c3cc4c(s3)CC(C)(C)CC4O[Si](C)(C)C(C)C)ccc2c1=O.COc1c(-c2cc3c(s2)CC(C)(C)CC3O[Si](C)(C)C(C)C)ccc2c(=O)c(C(=O)O)cn(C3CC3)c12. The molecule has 0 spiro atoms. The van der Waals surface area contributed by atoms with Crippen molar-refractivity contribution in [2.45, 2.75) is 175 Å². The number of carbonyl (C=O) groups is 2. The number of thiophene rings is 2. The molecule has 76 heavy (non-hydrogen) atoms. The fourth-order valence-electron chi connectivity index (χ4n) is 10.9. The van der Waals surface area contributed by atoms with Gasteiger partial charge in [0, 0.05) is 55.1 Å². The lowest BCUT2D eigenvalue weighted by atomic mass is 9.76. The van der Waals surface area contributed by atoms with E-state index in [4.69, 9.17) is 23.1 Å². The van der Waals surface area contributed by atoms with E-state index in [2.05, 4.69) is 98.3 Å². The summed E-state index contributed by atoms with van der Waals surface area (Å²) in [5.41, 5.74) is 6.39. The van der Waals surface area contributed by atoms with E-state index in [9.17, 15) is 24.3 Å². The van der Waals surface area contributed by atoms with Crippen molar-refractivity contribution >= 4 is 73.1 Å². The molecule has 2 saturated carbocycles. The average molecular weight is 1110 g/mol. The Kier molecular flexibility index (Phi) is 15.3. The van der Waals surface area contributed by atoms with E-state index >= 15 is 0 Å². The lowest BCUT2D eigenvalue weighted by Crippen LogP contribution is -2.38. The maximum Gasteiger partial charge on any atom is 0.343 e. The van der Waals surface area contributed by atoms with E-state index in [1.165, 1.54) is 27.1 Å². The summed E-state index contributed by atoms with van der Waals surface area (Å²) in [6, 6.07) is 12.5. The number of fused-ring (bicyclic) bond motifs is 4. The summed E-state index contributed by atoms with van der Waals surface area (Å²) in [6.45, 7) is 29.6. The molecule has 0 bridgehead atoms. The Morgan fingerprint density at radius 3 is 1.42 bits per heavy atom. The molecule has 4 aromatic heterocycles. The number of nitrogens with zero attached hydrogens (tertiary/aromatic N) is 2. The van der Waals surface area contributed by atoms with Crippen molar-refractivity contribution < 1.29 is 37.8 Å². The Morgan fingerprint density at radius 2 is 1.07 bits per heavy atom. The first kappa shape index (κ1) is 55.9. The topological polar surface area (TPSA) is 145 Å². The fraction of sp³-hybridized carbons (Fsp3) is 0.533. The third-order valence-electron chi connectivity index (χ3n) is 16.6. The van der Waals surface area contributed by atoms with Gasteiger partial charge in [0.25, 0.3) is 0 Å². The highest BCUT2D eigenvalue weighted by molar-refractivity contribution is 7.16. The highest BCUT2D eigenvalue weighted by Crippen LogP contribution is 2.54. The number of carboxylic acid groups (broad SMARTS) is 1. The van der Waals surface area contributed by atoms with Gasteiger partial charge in [0.05, 0.1) is 54.8 Å². The van der Waals surface area contributed by atoms with Crippen LogP contribution in [0.3, 0.4) is 0 Å². The van der Waals surface area contributed by atoms with E-state index in [1.807, 2.05) is 34.1 Å². The van der Waals surface area contributed by atoms with Crippen LogP contribution in [0.1, 0.15) is 167 Å². The van der Waals surface area contributed by atoms with Crippen LogP contribution in [0.4, 0.5) is 0 Å². The van der Waals surface area contributed by atoms with Gasteiger partial charge in [0.15, 0.2) is 28.1 Å². The number of pyridine rings is 2. The molecule has 4 heterocycles. The van der Waals surface area contributed by atoms with Crippen molar-refractivity contribution in [3.63, 3.8) is 0 Å². The number of esters is 1. The van der Waals surface area contributed by atoms with Gasteiger partial charge in [-0.25, -0.2) is 9.59 Å². The van der Waals surface area contributed by atoms with Crippen LogP contribution in [-0.2, 0) is 26.4 Å². The molecule has 2 unspecified atom stereocenters. The summed E-state index contributed by atoms with van der Waals surface area (Å²) in [7, 11) is -0.428. The normalized spacial score (nSPS) is 19.1. The first-order valence-electron chi connectivity index (χ1n) is 27.2. The van der Waals surface area contributed by atoms with Gasteiger partial charge in [-0.05, 0) is 154 Å². The molecule has 10 rings (SSSR count). The van der Waals surface area contributed by atoms with E-state index in [0.717, 1.165) is 77.8 Å². The van der Waals surface area contributed by atoms with Crippen LogP contribution in [0.2, 0.25) is 37.3 Å². The number of hydrogen-bond acceptors (Lipinski definition) is 11. The zero-order valence-electron chi connectivity index (χ0n) is 47.3. The maximum absolute atomic E-state index is 13.4. The first-order valence-corrected chi connectivity index (χ1v) is 34.8. The zero-order valence-corrected chi connectivity index (χ0v) is 50.9. The summed E-state index contributed by atoms with van der Waals surface area (Å²) in [5.74, 6) is -0.462. The molecular weight excluding hydrogens is 1030 g/mol. The van der Waals surface area contributed by atoms with Crippen molar-refractivity contribution in [1.29, 1.82) is 0 Å². The number of carbonyl (C=O) groups excluding carboxylic acids is 1. The fourth-order valence-corrected chi connectivity index (χ4v) is 16.3. The number of carboxylic acids is 1. The molecule has 1 N–H and O–H groups in total. The van der Waals surface area contributed by atoms with E-state index in [0.29, 0.717) is 38.9 Å². The van der Waals surface area contributed by atoms with Gasteiger partial charge in [-0.15, -0.1) is 22.7 Å². The molecule has 6 aromatic rings. The summed E-state index contributed by atoms with van der Waals surface area (Å²) in [5, 5.41) is 10.5. The Hall–Kier alpha value is -4.85. The van der Waals surface area contributed by atoms with Gasteiger partial charge >= 0.3 is 11.9 Å². The van der Waals surface area contributed by atoms with Gasteiger partial charge in [0.2, 0.25) is 10.9 Å². The van der Waals surface area contributed by atoms with Crippen LogP contribution >= 0.6 is 22.7 Å². The molecule has 16 heteroatoms. The van der Waals surface area contributed by atoms with Crippen molar-refractivity contribution in [3.05, 3.63) is 101 Å². The second-order valence-corrected chi connectivity index (χ2v) is 36.4. The number of rotatable bonds is 15. The van der Waals surface area contributed by atoms with Crippen molar-refractivity contribution in [3.8, 4) is 32.4 Å². The van der Waals surface area contributed by atoms with Crippen LogP contribution in [0, 0.1) is 10.8 Å². The molecule has 4 aliphatic rings. The molecule has 12 nitrogen and oxygen atoms in total. The van der Waals surface area contributed by atoms with Crippen LogP contribution in [0.25, 0.3) is 42.7 Å². The molecule has 0 saturated heterocycles. The van der Waals surface area contributed by atoms with E-state index < -0.39 is 34.0 Å². The largest absolute Gasteiger partial charge is 0.494 e.